The lowest BCUT2D eigenvalue weighted by atomic mass is 10.1. The van der Waals surface area contributed by atoms with Crippen LogP contribution in [-0.4, -0.2) is 21.0 Å². The Morgan fingerprint density at radius 2 is 1.96 bits per heavy atom. The van der Waals surface area contributed by atoms with Gasteiger partial charge in [-0.1, -0.05) is 5.16 Å². The molecule has 0 spiro atoms. The van der Waals surface area contributed by atoms with E-state index in [1.54, 1.807) is 19.1 Å². The smallest absolute Gasteiger partial charge is 0.343 e. The molecule has 9 heteroatoms. The maximum absolute atomic E-state index is 13.3. The fraction of sp³-hybridized carbons (Fsp3) is 0.0625. The summed E-state index contributed by atoms with van der Waals surface area (Å²) in [6.45, 7) is 1.67. The van der Waals surface area contributed by atoms with Crippen LogP contribution in [0.4, 0.5) is 10.1 Å². The molecule has 0 unspecified atom stereocenters. The molecule has 0 aliphatic rings. The van der Waals surface area contributed by atoms with Crippen molar-refractivity contribution in [3.8, 4) is 17.2 Å². The van der Waals surface area contributed by atoms with Crippen LogP contribution < -0.4 is 4.74 Å². The zero-order chi connectivity index (χ0) is 18.0. The molecule has 0 saturated heterocycles. The molecule has 0 amide bonds. The average molecular weight is 343 g/mol. The number of aromatic nitrogens is 2. The maximum Gasteiger partial charge on any atom is 0.343 e. The number of nitro groups is 1. The Hall–Kier alpha value is -3.62. The first-order chi connectivity index (χ1) is 11.9. The summed E-state index contributed by atoms with van der Waals surface area (Å²) >= 11 is 0. The van der Waals surface area contributed by atoms with Crippen molar-refractivity contribution in [3.05, 3.63) is 69.8 Å². The zero-order valence-corrected chi connectivity index (χ0v) is 12.8. The number of carbonyl (C=O) groups excluding carboxylic acids is 1. The van der Waals surface area contributed by atoms with Gasteiger partial charge in [-0.05, 0) is 37.3 Å². The van der Waals surface area contributed by atoms with E-state index < -0.39 is 28.1 Å². The molecule has 8 nitrogen and oxygen atoms in total. The molecule has 0 bridgehead atoms. The number of carbonyl (C=O) groups is 1. The van der Waals surface area contributed by atoms with Crippen molar-refractivity contribution in [2.24, 2.45) is 0 Å². The van der Waals surface area contributed by atoms with Gasteiger partial charge in [-0.3, -0.25) is 10.1 Å². The molecule has 0 aliphatic carbocycles. The normalized spacial score (nSPS) is 10.5. The molecule has 1 aromatic heterocycles. The molecular formula is C16H10FN3O5. The van der Waals surface area contributed by atoms with Gasteiger partial charge < -0.3 is 9.26 Å². The third-order valence-electron chi connectivity index (χ3n) is 3.22. The molecule has 3 aromatic rings. The number of hydrogen-bond donors (Lipinski definition) is 0. The molecule has 0 atom stereocenters. The van der Waals surface area contributed by atoms with Crippen LogP contribution in [0.3, 0.4) is 0 Å². The topological polar surface area (TPSA) is 108 Å². The van der Waals surface area contributed by atoms with Gasteiger partial charge in [0, 0.05) is 17.7 Å². The van der Waals surface area contributed by atoms with Crippen LogP contribution in [0.2, 0.25) is 0 Å². The van der Waals surface area contributed by atoms with Gasteiger partial charge in [-0.2, -0.15) is 4.98 Å². The molecular weight excluding hydrogens is 333 g/mol. The number of esters is 1. The zero-order valence-electron chi connectivity index (χ0n) is 12.8. The lowest BCUT2D eigenvalue weighted by Gasteiger charge is -2.05. The van der Waals surface area contributed by atoms with E-state index >= 15 is 0 Å². The first kappa shape index (κ1) is 16.2. The largest absolute Gasteiger partial charge is 0.415 e. The maximum atomic E-state index is 13.3. The monoisotopic (exact) mass is 343 g/mol. The summed E-state index contributed by atoms with van der Waals surface area (Å²) in [5.74, 6) is -1.32. The fourth-order valence-corrected chi connectivity index (χ4v) is 2.04. The highest BCUT2D eigenvalue weighted by atomic mass is 19.1. The third kappa shape index (κ3) is 3.50. The molecule has 0 radical (unpaired) electrons. The van der Waals surface area contributed by atoms with Crippen LogP contribution >= 0.6 is 0 Å². The predicted octanol–water partition coefficient (Wildman–Crippen LogP) is 3.31. The van der Waals surface area contributed by atoms with Gasteiger partial charge in [0.2, 0.25) is 5.75 Å². The van der Waals surface area contributed by atoms with Crippen molar-refractivity contribution in [1.29, 1.82) is 0 Å². The van der Waals surface area contributed by atoms with Crippen LogP contribution in [-0.2, 0) is 0 Å². The highest BCUT2D eigenvalue weighted by Gasteiger charge is 2.20. The van der Waals surface area contributed by atoms with Crippen LogP contribution in [0.5, 0.6) is 5.75 Å². The van der Waals surface area contributed by atoms with Gasteiger partial charge in [0.05, 0.1) is 10.5 Å². The number of nitrogens with zero attached hydrogens (tertiary/aromatic N) is 3. The van der Waals surface area contributed by atoms with Crippen molar-refractivity contribution < 1.29 is 23.4 Å². The molecule has 0 fully saturated rings. The minimum absolute atomic E-state index is 0.124. The van der Waals surface area contributed by atoms with Gasteiger partial charge in [0.1, 0.15) is 5.82 Å². The molecule has 25 heavy (non-hydrogen) atoms. The first-order valence-corrected chi connectivity index (χ1v) is 7.01. The summed E-state index contributed by atoms with van der Waals surface area (Å²) < 4.78 is 23.2. The van der Waals surface area contributed by atoms with Crippen molar-refractivity contribution in [3.63, 3.8) is 0 Å². The second kappa shape index (κ2) is 6.48. The van der Waals surface area contributed by atoms with E-state index in [0.717, 1.165) is 18.2 Å². The summed E-state index contributed by atoms with van der Waals surface area (Å²) in [5, 5.41) is 14.6. The average Bonchev–Trinajstić information content (AvgIpc) is 3.01. The molecule has 3 rings (SSSR count). The van der Waals surface area contributed by atoms with Gasteiger partial charge in [0.25, 0.3) is 5.89 Å². The SMILES string of the molecule is Cc1noc(-c2ccc(C(=O)Oc3cc(F)ccc3[N+](=O)[O-])cc2)n1. The van der Waals surface area contributed by atoms with Crippen LogP contribution in [0.15, 0.2) is 47.0 Å². The summed E-state index contributed by atoms with van der Waals surface area (Å²) in [6, 6.07) is 8.61. The lowest BCUT2D eigenvalue weighted by molar-refractivity contribution is -0.385. The van der Waals surface area contributed by atoms with Gasteiger partial charge >= 0.3 is 11.7 Å². The molecule has 0 aliphatic heterocycles. The fourth-order valence-electron chi connectivity index (χ4n) is 2.04. The second-order valence-electron chi connectivity index (χ2n) is 4.98. The Morgan fingerprint density at radius 3 is 2.56 bits per heavy atom. The van der Waals surface area contributed by atoms with E-state index in [-0.39, 0.29) is 11.5 Å². The Labute approximate surface area is 140 Å². The highest BCUT2D eigenvalue weighted by molar-refractivity contribution is 5.92. The minimum atomic E-state index is -0.859. The third-order valence-corrected chi connectivity index (χ3v) is 3.22. The quantitative estimate of drug-likeness (QED) is 0.309. The number of rotatable bonds is 4. The van der Waals surface area contributed by atoms with Gasteiger partial charge in [0.15, 0.2) is 5.82 Å². The Morgan fingerprint density at radius 1 is 1.24 bits per heavy atom. The molecule has 0 N–H and O–H groups in total. The first-order valence-electron chi connectivity index (χ1n) is 7.01. The van der Waals surface area contributed by atoms with Crippen LogP contribution in [0, 0.1) is 22.9 Å². The number of halogens is 1. The summed E-state index contributed by atoms with van der Waals surface area (Å²) in [6.07, 6.45) is 0. The number of hydrogen-bond acceptors (Lipinski definition) is 7. The second-order valence-corrected chi connectivity index (χ2v) is 4.98. The Balaban J connectivity index is 1.82. The number of aryl methyl sites for hydroxylation is 1. The predicted molar refractivity (Wildman–Crippen MR) is 82.5 cm³/mol. The summed E-state index contributed by atoms with van der Waals surface area (Å²) in [7, 11) is 0. The van der Waals surface area contributed by atoms with Crippen molar-refractivity contribution >= 4 is 11.7 Å². The molecule has 126 valence electrons. The summed E-state index contributed by atoms with van der Waals surface area (Å²) in [5.41, 5.74) is 0.208. The van der Waals surface area contributed by atoms with Crippen molar-refractivity contribution in [2.75, 3.05) is 0 Å². The summed E-state index contributed by atoms with van der Waals surface area (Å²) in [4.78, 5) is 26.3. The number of nitro benzene ring substituents is 1. The Bertz CT molecular complexity index is 953. The van der Waals surface area contributed by atoms with Crippen molar-refractivity contribution in [2.45, 2.75) is 6.92 Å². The highest BCUT2D eigenvalue weighted by Crippen LogP contribution is 2.28. The van der Waals surface area contributed by atoms with Crippen LogP contribution in [0.1, 0.15) is 16.2 Å². The van der Waals surface area contributed by atoms with Gasteiger partial charge in [-0.15, -0.1) is 0 Å². The van der Waals surface area contributed by atoms with E-state index in [4.69, 9.17) is 9.26 Å². The Kier molecular flexibility index (Phi) is 4.21. The number of ether oxygens (including phenoxy) is 1. The van der Waals surface area contributed by atoms with E-state index in [1.807, 2.05) is 0 Å². The van der Waals surface area contributed by atoms with E-state index in [1.165, 1.54) is 12.1 Å². The minimum Gasteiger partial charge on any atom is -0.415 e. The van der Waals surface area contributed by atoms with E-state index in [2.05, 4.69) is 10.1 Å². The molecule has 1 heterocycles. The van der Waals surface area contributed by atoms with E-state index in [0.29, 0.717) is 11.4 Å². The van der Waals surface area contributed by atoms with E-state index in [9.17, 15) is 19.3 Å². The molecule has 0 saturated carbocycles. The molecule has 2 aromatic carbocycles. The number of benzene rings is 2. The lowest BCUT2D eigenvalue weighted by Crippen LogP contribution is -2.10. The van der Waals surface area contributed by atoms with Crippen molar-refractivity contribution in [1.82, 2.24) is 10.1 Å². The van der Waals surface area contributed by atoms with Gasteiger partial charge in [-0.25, -0.2) is 9.18 Å². The van der Waals surface area contributed by atoms with Crippen LogP contribution in [0.25, 0.3) is 11.5 Å². The standard InChI is InChI=1S/C16H10FN3O5/c1-9-18-15(25-19-9)10-2-4-11(5-3-10)16(21)24-14-8-12(17)6-7-13(14)20(22)23/h2-8H,1H3.